The molecule has 0 bridgehead atoms. The van der Waals surface area contributed by atoms with Crippen LogP contribution in [0.1, 0.15) is 0 Å². The minimum absolute atomic E-state index is 0.890. The van der Waals surface area contributed by atoms with Crippen LogP contribution in [0.2, 0.25) is 0 Å². The molecule has 0 spiro atoms. The molecule has 2 heteroatoms. The lowest BCUT2D eigenvalue weighted by molar-refractivity contribution is 0.669. The maximum Gasteiger partial charge on any atom is 0.136 e. The minimum Gasteiger partial charge on any atom is -0.456 e. The van der Waals surface area contributed by atoms with Crippen molar-refractivity contribution in [2.75, 3.05) is 4.90 Å². The zero-order valence-electron chi connectivity index (χ0n) is 29.6. The topological polar surface area (TPSA) is 16.4 Å². The lowest BCUT2D eigenvalue weighted by Gasteiger charge is -2.27. The fourth-order valence-corrected chi connectivity index (χ4v) is 7.93. The molecule has 0 radical (unpaired) electrons. The van der Waals surface area contributed by atoms with Gasteiger partial charge in [0.1, 0.15) is 11.2 Å². The van der Waals surface area contributed by atoms with Gasteiger partial charge in [-0.05, 0) is 110 Å². The van der Waals surface area contributed by atoms with Gasteiger partial charge in [0, 0.05) is 27.8 Å². The van der Waals surface area contributed by atoms with Crippen LogP contribution < -0.4 is 4.90 Å². The zero-order valence-corrected chi connectivity index (χ0v) is 29.6. The van der Waals surface area contributed by atoms with E-state index in [0.717, 1.165) is 50.1 Å². The van der Waals surface area contributed by atoms with E-state index in [4.69, 9.17) is 4.42 Å². The van der Waals surface area contributed by atoms with Crippen LogP contribution in [0.15, 0.2) is 217 Å². The van der Waals surface area contributed by atoms with Crippen molar-refractivity contribution in [1.82, 2.24) is 0 Å². The van der Waals surface area contributed by atoms with Crippen LogP contribution in [-0.2, 0) is 0 Å². The van der Waals surface area contributed by atoms with Crippen molar-refractivity contribution >= 4 is 49.8 Å². The van der Waals surface area contributed by atoms with Gasteiger partial charge in [-0.3, -0.25) is 0 Å². The molecule has 0 fully saturated rings. The third kappa shape index (κ3) is 5.62. The first-order valence-corrected chi connectivity index (χ1v) is 18.4. The molecular weight excluding hydrogens is 655 g/mol. The molecule has 0 aliphatic rings. The van der Waals surface area contributed by atoms with Gasteiger partial charge < -0.3 is 9.32 Å². The van der Waals surface area contributed by atoms with Crippen LogP contribution in [0.4, 0.5) is 17.1 Å². The summed E-state index contributed by atoms with van der Waals surface area (Å²) in [4.78, 5) is 2.36. The van der Waals surface area contributed by atoms with Crippen LogP contribution in [0.25, 0.3) is 77.2 Å². The van der Waals surface area contributed by atoms with E-state index in [9.17, 15) is 0 Å². The van der Waals surface area contributed by atoms with Crippen molar-refractivity contribution in [2.45, 2.75) is 0 Å². The minimum atomic E-state index is 0.890. The molecule has 9 aromatic carbocycles. The first-order valence-electron chi connectivity index (χ1n) is 18.4. The fraction of sp³-hybridized carbons (Fsp3) is 0. The van der Waals surface area contributed by atoms with E-state index < -0.39 is 0 Å². The number of benzene rings is 9. The second-order valence-corrected chi connectivity index (χ2v) is 13.7. The van der Waals surface area contributed by atoms with E-state index in [2.05, 4.69) is 217 Å². The van der Waals surface area contributed by atoms with Crippen LogP contribution >= 0.6 is 0 Å². The second kappa shape index (κ2) is 13.4. The molecule has 0 saturated carbocycles. The van der Waals surface area contributed by atoms with Crippen LogP contribution in [0.3, 0.4) is 0 Å². The highest BCUT2D eigenvalue weighted by atomic mass is 16.3. The third-order valence-corrected chi connectivity index (χ3v) is 10.4. The molecule has 2 nitrogen and oxygen atoms in total. The van der Waals surface area contributed by atoms with Crippen molar-refractivity contribution < 1.29 is 4.42 Å². The molecule has 0 saturated heterocycles. The highest BCUT2D eigenvalue weighted by molar-refractivity contribution is 6.24. The quantitative estimate of drug-likeness (QED) is 0.166. The molecule has 10 aromatic rings. The highest BCUT2D eigenvalue weighted by Gasteiger charge is 2.19. The number of fused-ring (bicyclic) bond motifs is 5. The molecule has 54 heavy (non-hydrogen) atoms. The predicted octanol–water partition coefficient (Wildman–Crippen LogP) is 14.9. The van der Waals surface area contributed by atoms with Crippen molar-refractivity contribution in [3.63, 3.8) is 0 Å². The number of hydrogen-bond acceptors (Lipinski definition) is 2. The van der Waals surface area contributed by atoms with Crippen molar-refractivity contribution in [2.24, 2.45) is 0 Å². The molecule has 254 valence electrons. The van der Waals surface area contributed by atoms with E-state index in [0.29, 0.717) is 0 Å². The van der Waals surface area contributed by atoms with Crippen LogP contribution in [-0.4, -0.2) is 0 Å². The normalized spacial score (nSPS) is 11.3. The monoisotopic (exact) mass is 689 g/mol. The van der Waals surface area contributed by atoms with Gasteiger partial charge in [0.05, 0.1) is 0 Å². The average Bonchev–Trinajstić information content (AvgIpc) is 3.65. The van der Waals surface area contributed by atoms with Gasteiger partial charge in [-0.25, -0.2) is 0 Å². The van der Waals surface area contributed by atoms with Crippen LogP contribution in [0, 0.1) is 0 Å². The number of nitrogens with zero attached hydrogens (tertiary/aromatic N) is 1. The van der Waals surface area contributed by atoms with Gasteiger partial charge in [-0.1, -0.05) is 158 Å². The standard InChI is InChI=1S/C52H35NO/c1-5-15-36(16-6-1)40-33-41(37-17-7-2-8-18-37)35-44(34-40)53(42-21-11-4-12-22-42)43-29-27-39(28-30-43)46-24-14-26-49-51(46)52-48-25-13-23-45(38-19-9-3-10-20-38)47(48)31-32-50(52)54-49/h1-35H. The molecule has 0 aliphatic carbocycles. The Hall–Kier alpha value is -7.16. The van der Waals surface area contributed by atoms with Crippen molar-refractivity contribution in [3.05, 3.63) is 212 Å². The van der Waals surface area contributed by atoms with Crippen molar-refractivity contribution in [1.29, 1.82) is 0 Å². The Morgan fingerprint density at radius 1 is 0.278 bits per heavy atom. The SMILES string of the molecule is c1ccc(-c2cc(-c3ccccc3)cc(N(c3ccccc3)c3ccc(-c4cccc5oc6ccc7c(-c8ccccc8)cccc7c6c45)cc3)c2)cc1. The van der Waals surface area contributed by atoms with Gasteiger partial charge in [0.2, 0.25) is 0 Å². The maximum atomic E-state index is 6.53. The largest absolute Gasteiger partial charge is 0.456 e. The van der Waals surface area contributed by atoms with Gasteiger partial charge in [-0.2, -0.15) is 0 Å². The van der Waals surface area contributed by atoms with Gasteiger partial charge in [-0.15, -0.1) is 0 Å². The molecular formula is C52H35NO. The summed E-state index contributed by atoms with van der Waals surface area (Å²) in [5.74, 6) is 0. The average molecular weight is 690 g/mol. The van der Waals surface area contributed by atoms with E-state index in [1.165, 1.54) is 44.2 Å². The molecule has 0 unspecified atom stereocenters. The first kappa shape index (κ1) is 31.6. The van der Waals surface area contributed by atoms with Crippen molar-refractivity contribution in [3.8, 4) is 44.5 Å². The molecule has 0 atom stereocenters. The molecule has 0 aliphatic heterocycles. The van der Waals surface area contributed by atoms with Gasteiger partial charge in [0.25, 0.3) is 0 Å². The highest BCUT2D eigenvalue weighted by Crippen LogP contribution is 2.44. The first-order chi connectivity index (χ1) is 26.8. The summed E-state index contributed by atoms with van der Waals surface area (Å²) in [6.07, 6.45) is 0. The van der Waals surface area contributed by atoms with E-state index in [1.807, 2.05) is 0 Å². The Bertz CT molecular complexity index is 2840. The van der Waals surface area contributed by atoms with E-state index >= 15 is 0 Å². The van der Waals surface area contributed by atoms with E-state index in [1.54, 1.807) is 0 Å². The zero-order chi connectivity index (χ0) is 35.8. The van der Waals surface area contributed by atoms with Gasteiger partial charge in [0.15, 0.2) is 0 Å². The lowest BCUT2D eigenvalue weighted by Crippen LogP contribution is -2.10. The second-order valence-electron chi connectivity index (χ2n) is 13.7. The fourth-order valence-electron chi connectivity index (χ4n) is 7.93. The molecule has 1 aromatic heterocycles. The summed E-state index contributed by atoms with van der Waals surface area (Å²) in [6.45, 7) is 0. The van der Waals surface area contributed by atoms with E-state index in [-0.39, 0.29) is 0 Å². The third-order valence-electron chi connectivity index (χ3n) is 10.4. The number of rotatable bonds is 7. The Morgan fingerprint density at radius 3 is 1.44 bits per heavy atom. The summed E-state index contributed by atoms with van der Waals surface area (Å²) in [6, 6.07) is 75.8. The summed E-state index contributed by atoms with van der Waals surface area (Å²) in [5, 5.41) is 4.70. The molecule has 1 heterocycles. The molecule has 10 rings (SSSR count). The summed E-state index contributed by atoms with van der Waals surface area (Å²) in [5.41, 5.74) is 14.5. The molecule has 0 amide bonds. The predicted molar refractivity (Wildman–Crippen MR) is 228 cm³/mol. The number of hydrogen-bond donors (Lipinski definition) is 0. The summed E-state index contributed by atoms with van der Waals surface area (Å²) in [7, 11) is 0. The number of furan rings is 1. The number of para-hydroxylation sites is 1. The summed E-state index contributed by atoms with van der Waals surface area (Å²) < 4.78 is 6.53. The maximum absolute atomic E-state index is 6.53. The Morgan fingerprint density at radius 2 is 0.796 bits per heavy atom. The summed E-state index contributed by atoms with van der Waals surface area (Å²) >= 11 is 0. The molecule has 0 N–H and O–H groups in total. The Balaban J connectivity index is 1.13. The number of anilines is 3. The Labute approximate surface area is 314 Å². The Kier molecular flexibility index (Phi) is 7.85. The lowest BCUT2D eigenvalue weighted by atomic mass is 9.93. The smallest absolute Gasteiger partial charge is 0.136 e. The van der Waals surface area contributed by atoms with Gasteiger partial charge >= 0.3 is 0 Å². The van der Waals surface area contributed by atoms with Crippen LogP contribution in [0.5, 0.6) is 0 Å².